The number of hydrogen-bond donors (Lipinski definition) is 2. The number of nitrogens with one attached hydrogen (secondary N) is 1. The number of carbonyl (C=O) groups excluding carboxylic acids is 1. The maximum Gasteiger partial charge on any atom is 0.262 e. The zero-order chi connectivity index (χ0) is 20.4. The van der Waals surface area contributed by atoms with Crippen molar-refractivity contribution in [1.29, 1.82) is 0 Å². The molecule has 2 aromatic heterocycles. The van der Waals surface area contributed by atoms with E-state index >= 15 is 0 Å². The summed E-state index contributed by atoms with van der Waals surface area (Å²) in [5.74, 6) is 1.51. The molecular formula is C22H26N4O2S. The molecule has 152 valence electrons. The molecule has 1 aromatic carbocycles. The summed E-state index contributed by atoms with van der Waals surface area (Å²) in [7, 11) is 0. The number of ether oxygens (including phenoxy) is 1. The monoisotopic (exact) mass is 410 g/mol. The van der Waals surface area contributed by atoms with Crippen molar-refractivity contribution in [2.24, 2.45) is 5.92 Å². The summed E-state index contributed by atoms with van der Waals surface area (Å²) in [6.07, 6.45) is 2.98. The van der Waals surface area contributed by atoms with Crippen molar-refractivity contribution in [3.05, 3.63) is 52.2 Å². The number of nitrogen functional groups attached to an aromatic ring is 1. The number of aromatic nitrogens is 2. The standard InChI is InChI=1S/C22H26N4O2S/c1-13-18-20(23)24-14(2)25-22(18)29-19(13)21(27)26-17(16-6-4-3-5-7-16)12-15-8-10-28-11-9-15/h3-7,15,17H,8-12H2,1-2H3,(H,26,27)(H2,23,24,25). The van der Waals surface area contributed by atoms with E-state index in [0.29, 0.717) is 22.4 Å². The number of hydrogen-bond acceptors (Lipinski definition) is 6. The van der Waals surface area contributed by atoms with Crippen molar-refractivity contribution in [1.82, 2.24) is 15.3 Å². The SMILES string of the molecule is Cc1nc(N)c2c(C)c(C(=O)NC(CC3CCOCC3)c3ccccc3)sc2n1. The lowest BCUT2D eigenvalue weighted by molar-refractivity contribution is 0.0598. The summed E-state index contributed by atoms with van der Waals surface area (Å²) in [6, 6.07) is 10.1. The molecule has 6 nitrogen and oxygen atoms in total. The first-order valence-corrected chi connectivity index (χ1v) is 10.8. The molecule has 0 radical (unpaired) electrons. The van der Waals surface area contributed by atoms with Crippen molar-refractivity contribution < 1.29 is 9.53 Å². The highest BCUT2D eigenvalue weighted by Gasteiger charge is 2.25. The van der Waals surface area contributed by atoms with Crippen LogP contribution in [0.1, 0.15) is 51.9 Å². The maximum atomic E-state index is 13.2. The first-order valence-electron chi connectivity index (χ1n) is 9.99. The van der Waals surface area contributed by atoms with Gasteiger partial charge in [0, 0.05) is 13.2 Å². The summed E-state index contributed by atoms with van der Waals surface area (Å²) in [4.78, 5) is 23.4. The van der Waals surface area contributed by atoms with Crippen molar-refractivity contribution in [2.45, 2.75) is 39.2 Å². The molecule has 0 aliphatic carbocycles. The Labute approximate surface area is 174 Å². The third kappa shape index (κ3) is 4.26. The third-order valence-corrected chi connectivity index (χ3v) is 6.74. The minimum atomic E-state index is -0.0801. The average Bonchev–Trinajstić information content (AvgIpc) is 3.05. The minimum Gasteiger partial charge on any atom is -0.383 e. The molecule has 3 aromatic rings. The van der Waals surface area contributed by atoms with E-state index in [4.69, 9.17) is 10.5 Å². The Morgan fingerprint density at radius 1 is 1.24 bits per heavy atom. The predicted molar refractivity (Wildman–Crippen MR) is 116 cm³/mol. The predicted octanol–water partition coefficient (Wildman–Crippen LogP) is 4.18. The topological polar surface area (TPSA) is 90.1 Å². The van der Waals surface area contributed by atoms with Gasteiger partial charge in [0.1, 0.15) is 16.5 Å². The van der Waals surface area contributed by atoms with Gasteiger partial charge in [0.25, 0.3) is 5.91 Å². The minimum absolute atomic E-state index is 0.0402. The van der Waals surface area contributed by atoms with Crippen molar-refractivity contribution in [3.8, 4) is 0 Å². The second-order valence-electron chi connectivity index (χ2n) is 7.62. The number of thiophene rings is 1. The van der Waals surface area contributed by atoms with Gasteiger partial charge in [-0.1, -0.05) is 30.3 Å². The Kier molecular flexibility index (Phi) is 5.78. The van der Waals surface area contributed by atoms with E-state index in [1.807, 2.05) is 32.0 Å². The second kappa shape index (κ2) is 8.47. The van der Waals surface area contributed by atoms with Crippen LogP contribution in [-0.2, 0) is 4.74 Å². The zero-order valence-corrected chi connectivity index (χ0v) is 17.6. The van der Waals surface area contributed by atoms with Crippen LogP contribution in [0.25, 0.3) is 10.2 Å². The van der Waals surface area contributed by atoms with E-state index in [2.05, 4.69) is 27.4 Å². The van der Waals surface area contributed by atoms with E-state index < -0.39 is 0 Å². The van der Waals surface area contributed by atoms with E-state index in [1.165, 1.54) is 11.3 Å². The maximum absolute atomic E-state index is 13.2. The molecule has 0 bridgehead atoms. The molecule has 1 fully saturated rings. The molecular weight excluding hydrogens is 384 g/mol. The van der Waals surface area contributed by atoms with Gasteiger partial charge in [-0.15, -0.1) is 11.3 Å². The number of nitrogens with zero attached hydrogens (tertiary/aromatic N) is 2. The lowest BCUT2D eigenvalue weighted by atomic mass is 9.89. The van der Waals surface area contributed by atoms with Crippen LogP contribution < -0.4 is 11.1 Å². The van der Waals surface area contributed by atoms with Crippen molar-refractivity contribution >= 4 is 33.3 Å². The third-order valence-electron chi connectivity index (χ3n) is 5.55. The molecule has 1 amide bonds. The summed E-state index contributed by atoms with van der Waals surface area (Å²) < 4.78 is 5.50. The molecule has 3 N–H and O–H groups in total. The first-order chi connectivity index (χ1) is 14.0. The van der Waals surface area contributed by atoms with Gasteiger partial charge in [-0.05, 0) is 50.2 Å². The van der Waals surface area contributed by atoms with E-state index in [-0.39, 0.29) is 11.9 Å². The van der Waals surface area contributed by atoms with E-state index in [1.54, 1.807) is 0 Å². The Morgan fingerprint density at radius 3 is 2.69 bits per heavy atom. The quantitative estimate of drug-likeness (QED) is 0.659. The molecule has 1 saturated heterocycles. The lowest BCUT2D eigenvalue weighted by Crippen LogP contribution is -2.31. The van der Waals surface area contributed by atoms with Crippen LogP contribution in [0.15, 0.2) is 30.3 Å². The molecule has 0 saturated carbocycles. The highest BCUT2D eigenvalue weighted by molar-refractivity contribution is 7.20. The van der Waals surface area contributed by atoms with Gasteiger partial charge in [-0.3, -0.25) is 4.79 Å². The molecule has 7 heteroatoms. The van der Waals surface area contributed by atoms with Gasteiger partial charge in [0.05, 0.1) is 16.3 Å². The van der Waals surface area contributed by atoms with Gasteiger partial charge in [-0.2, -0.15) is 0 Å². The van der Waals surface area contributed by atoms with E-state index in [9.17, 15) is 4.79 Å². The van der Waals surface area contributed by atoms with Crippen LogP contribution in [0.4, 0.5) is 5.82 Å². The Balaban J connectivity index is 1.61. The number of benzene rings is 1. The van der Waals surface area contributed by atoms with Gasteiger partial charge in [-0.25, -0.2) is 9.97 Å². The molecule has 3 heterocycles. The normalized spacial score (nSPS) is 16.1. The number of fused-ring (bicyclic) bond motifs is 1. The Bertz CT molecular complexity index is 1010. The van der Waals surface area contributed by atoms with Crippen LogP contribution >= 0.6 is 11.3 Å². The summed E-state index contributed by atoms with van der Waals surface area (Å²) in [6.45, 7) is 5.32. The van der Waals surface area contributed by atoms with Crippen LogP contribution in [0.5, 0.6) is 0 Å². The van der Waals surface area contributed by atoms with Gasteiger partial charge in [0.2, 0.25) is 0 Å². The number of amides is 1. The van der Waals surface area contributed by atoms with Gasteiger partial charge < -0.3 is 15.8 Å². The fraction of sp³-hybridized carbons (Fsp3) is 0.409. The molecule has 1 atom stereocenters. The fourth-order valence-corrected chi connectivity index (χ4v) is 5.14. The number of nitrogens with two attached hydrogens (primary N) is 1. The summed E-state index contributed by atoms with van der Waals surface area (Å²) in [5, 5.41) is 4.06. The summed E-state index contributed by atoms with van der Waals surface area (Å²) in [5.41, 5.74) is 8.07. The second-order valence-corrected chi connectivity index (χ2v) is 8.62. The molecule has 0 spiro atoms. The molecule has 1 aliphatic rings. The number of carbonyl (C=O) groups is 1. The van der Waals surface area contributed by atoms with Gasteiger partial charge >= 0.3 is 0 Å². The molecule has 29 heavy (non-hydrogen) atoms. The number of rotatable bonds is 5. The Morgan fingerprint density at radius 2 is 1.97 bits per heavy atom. The average molecular weight is 411 g/mol. The molecule has 4 rings (SSSR count). The fourth-order valence-electron chi connectivity index (χ4n) is 4.00. The summed E-state index contributed by atoms with van der Waals surface area (Å²) >= 11 is 1.38. The van der Waals surface area contributed by atoms with Crippen LogP contribution in [0.3, 0.4) is 0 Å². The first kappa shape index (κ1) is 19.8. The van der Waals surface area contributed by atoms with Crippen molar-refractivity contribution in [2.75, 3.05) is 18.9 Å². The van der Waals surface area contributed by atoms with Crippen molar-refractivity contribution in [3.63, 3.8) is 0 Å². The molecule has 1 unspecified atom stereocenters. The Hall–Kier alpha value is -2.51. The smallest absolute Gasteiger partial charge is 0.262 e. The van der Waals surface area contributed by atoms with Crippen LogP contribution in [0, 0.1) is 19.8 Å². The van der Waals surface area contributed by atoms with Crippen LogP contribution in [-0.4, -0.2) is 29.1 Å². The number of anilines is 1. The zero-order valence-electron chi connectivity index (χ0n) is 16.8. The van der Waals surface area contributed by atoms with Gasteiger partial charge in [0.15, 0.2) is 0 Å². The largest absolute Gasteiger partial charge is 0.383 e. The lowest BCUT2D eigenvalue weighted by Gasteiger charge is -2.27. The molecule has 1 aliphatic heterocycles. The highest BCUT2D eigenvalue weighted by atomic mass is 32.1. The number of aryl methyl sites for hydroxylation is 2. The van der Waals surface area contributed by atoms with E-state index in [0.717, 1.165) is 53.8 Å². The highest BCUT2D eigenvalue weighted by Crippen LogP contribution is 2.34. The van der Waals surface area contributed by atoms with Crippen LogP contribution in [0.2, 0.25) is 0 Å².